The summed E-state index contributed by atoms with van der Waals surface area (Å²) in [6.07, 6.45) is 1.80. The van der Waals surface area contributed by atoms with Crippen LogP contribution in [0.5, 0.6) is 0 Å². The Morgan fingerprint density at radius 3 is 2.94 bits per heavy atom. The molecular weight excluding hydrogens is 250 g/mol. The molecule has 0 fully saturated rings. The summed E-state index contributed by atoms with van der Waals surface area (Å²) >= 11 is 1.41. The Labute approximate surface area is 108 Å². The Kier molecular flexibility index (Phi) is 3.88. The van der Waals surface area contributed by atoms with Crippen molar-refractivity contribution in [1.82, 2.24) is 15.5 Å². The molecule has 0 radical (unpaired) electrons. The zero-order valence-corrected chi connectivity index (χ0v) is 10.7. The maximum absolute atomic E-state index is 11.8. The molecule has 1 amide bonds. The molecule has 0 bridgehead atoms. The van der Waals surface area contributed by atoms with Gasteiger partial charge in [0.2, 0.25) is 0 Å². The standard InChI is InChI=1S/C12H13N3O2S/c1-8(7-10(16)11-3-2-6-18-11)14-12(17)9-4-5-13-15-9/h2-6,8H,7H2,1H3,(H,13,15)(H,14,17). The number of hydrogen-bond acceptors (Lipinski definition) is 4. The number of nitrogens with one attached hydrogen (secondary N) is 2. The molecule has 0 aliphatic rings. The first-order valence-corrected chi connectivity index (χ1v) is 6.41. The Balaban J connectivity index is 1.87. The molecule has 18 heavy (non-hydrogen) atoms. The minimum Gasteiger partial charge on any atom is -0.348 e. The summed E-state index contributed by atoms with van der Waals surface area (Å²) in [4.78, 5) is 24.2. The zero-order chi connectivity index (χ0) is 13.0. The predicted molar refractivity (Wildman–Crippen MR) is 68.8 cm³/mol. The molecule has 1 unspecified atom stereocenters. The minimum absolute atomic E-state index is 0.0439. The highest BCUT2D eigenvalue weighted by atomic mass is 32.1. The predicted octanol–water partition coefficient (Wildman–Crippen LogP) is 1.86. The second kappa shape index (κ2) is 5.59. The molecule has 94 valence electrons. The molecule has 0 aromatic carbocycles. The number of thiophene rings is 1. The number of carbonyl (C=O) groups is 2. The van der Waals surface area contributed by atoms with Crippen molar-refractivity contribution in [3.8, 4) is 0 Å². The van der Waals surface area contributed by atoms with Crippen LogP contribution in [0.4, 0.5) is 0 Å². The number of nitrogens with zero attached hydrogens (tertiary/aromatic N) is 1. The lowest BCUT2D eigenvalue weighted by Gasteiger charge is -2.11. The number of Topliss-reactive ketones (excluding diaryl/α,β-unsaturated/α-hetero) is 1. The number of amides is 1. The fraction of sp³-hybridized carbons (Fsp3) is 0.250. The largest absolute Gasteiger partial charge is 0.348 e. The molecule has 2 rings (SSSR count). The summed E-state index contributed by atoms with van der Waals surface area (Å²) in [7, 11) is 0. The van der Waals surface area contributed by atoms with Gasteiger partial charge in [0, 0.05) is 18.7 Å². The summed E-state index contributed by atoms with van der Waals surface area (Å²) in [6.45, 7) is 1.81. The van der Waals surface area contributed by atoms with E-state index in [1.807, 2.05) is 11.4 Å². The molecular formula is C12H13N3O2S. The van der Waals surface area contributed by atoms with E-state index in [1.54, 1.807) is 19.1 Å². The lowest BCUT2D eigenvalue weighted by Crippen LogP contribution is -2.34. The van der Waals surface area contributed by atoms with Crippen molar-refractivity contribution in [1.29, 1.82) is 0 Å². The molecule has 2 aromatic rings. The Morgan fingerprint density at radius 1 is 1.50 bits per heavy atom. The second-order valence-corrected chi connectivity index (χ2v) is 4.90. The number of carbonyl (C=O) groups excluding carboxylic acids is 2. The van der Waals surface area contributed by atoms with Gasteiger partial charge in [-0.05, 0) is 24.4 Å². The first-order valence-electron chi connectivity index (χ1n) is 5.54. The van der Waals surface area contributed by atoms with Crippen LogP contribution in [-0.4, -0.2) is 27.9 Å². The summed E-state index contributed by atoms with van der Waals surface area (Å²) in [5.74, 6) is -0.207. The first-order chi connectivity index (χ1) is 8.66. The highest BCUT2D eigenvalue weighted by molar-refractivity contribution is 7.12. The Morgan fingerprint density at radius 2 is 2.33 bits per heavy atom. The second-order valence-electron chi connectivity index (χ2n) is 3.95. The number of H-pyrrole nitrogens is 1. The van der Waals surface area contributed by atoms with E-state index in [0.717, 1.165) is 4.88 Å². The monoisotopic (exact) mass is 263 g/mol. The summed E-state index contributed by atoms with van der Waals surface area (Å²) in [6, 6.07) is 5.00. The highest BCUT2D eigenvalue weighted by Crippen LogP contribution is 2.12. The number of rotatable bonds is 5. The fourth-order valence-electron chi connectivity index (χ4n) is 1.55. The maximum Gasteiger partial charge on any atom is 0.269 e. The average Bonchev–Trinajstić information content (AvgIpc) is 3.02. The van der Waals surface area contributed by atoms with Crippen molar-refractivity contribution in [3.05, 3.63) is 40.3 Å². The van der Waals surface area contributed by atoms with Gasteiger partial charge >= 0.3 is 0 Å². The smallest absolute Gasteiger partial charge is 0.269 e. The van der Waals surface area contributed by atoms with Crippen LogP contribution in [0.2, 0.25) is 0 Å². The fourth-order valence-corrected chi connectivity index (χ4v) is 2.23. The topological polar surface area (TPSA) is 74.8 Å². The molecule has 0 saturated heterocycles. The van der Waals surface area contributed by atoms with E-state index in [4.69, 9.17) is 0 Å². The van der Waals surface area contributed by atoms with E-state index in [9.17, 15) is 9.59 Å². The number of hydrogen-bond donors (Lipinski definition) is 2. The third-order valence-electron chi connectivity index (χ3n) is 2.41. The van der Waals surface area contributed by atoms with E-state index in [-0.39, 0.29) is 17.7 Å². The molecule has 2 aromatic heterocycles. The van der Waals surface area contributed by atoms with E-state index in [1.165, 1.54) is 17.5 Å². The number of aromatic amines is 1. The van der Waals surface area contributed by atoms with Crippen molar-refractivity contribution in [2.75, 3.05) is 0 Å². The van der Waals surface area contributed by atoms with Crippen molar-refractivity contribution >= 4 is 23.0 Å². The number of aromatic nitrogens is 2. The summed E-state index contributed by atoms with van der Waals surface area (Å²) < 4.78 is 0. The molecule has 1 atom stereocenters. The van der Waals surface area contributed by atoms with Crippen LogP contribution in [0.1, 0.15) is 33.5 Å². The van der Waals surface area contributed by atoms with Gasteiger partial charge in [-0.2, -0.15) is 5.10 Å². The third kappa shape index (κ3) is 3.04. The van der Waals surface area contributed by atoms with E-state index < -0.39 is 0 Å². The summed E-state index contributed by atoms with van der Waals surface area (Å²) in [5.41, 5.74) is 0.394. The van der Waals surface area contributed by atoms with Crippen LogP contribution in [0, 0.1) is 0 Å². The molecule has 0 aliphatic carbocycles. The molecule has 0 spiro atoms. The maximum atomic E-state index is 11.8. The highest BCUT2D eigenvalue weighted by Gasteiger charge is 2.15. The average molecular weight is 263 g/mol. The van der Waals surface area contributed by atoms with Gasteiger partial charge in [0.1, 0.15) is 5.69 Å². The van der Waals surface area contributed by atoms with Crippen LogP contribution in [0.15, 0.2) is 29.8 Å². The van der Waals surface area contributed by atoms with Crippen LogP contribution < -0.4 is 5.32 Å². The quantitative estimate of drug-likeness (QED) is 0.808. The van der Waals surface area contributed by atoms with Crippen molar-refractivity contribution in [2.45, 2.75) is 19.4 Å². The van der Waals surface area contributed by atoms with Gasteiger partial charge in [-0.15, -0.1) is 11.3 Å². The SMILES string of the molecule is CC(CC(=O)c1cccs1)NC(=O)c1ccn[nH]1. The van der Waals surface area contributed by atoms with Crippen LogP contribution >= 0.6 is 11.3 Å². The van der Waals surface area contributed by atoms with Crippen molar-refractivity contribution < 1.29 is 9.59 Å². The number of ketones is 1. The van der Waals surface area contributed by atoms with Gasteiger partial charge in [-0.3, -0.25) is 14.7 Å². The van der Waals surface area contributed by atoms with Gasteiger partial charge in [0.15, 0.2) is 5.78 Å². The van der Waals surface area contributed by atoms with Crippen LogP contribution in [0.3, 0.4) is 0 Å². The normalized spacial score (nSPS) is 12.1. The Bertz CT molecular complexity index is 471. The Hall–Kier alpha value is -1.95. The molecule has 6 heteroatoms. The van der Waals surface area contributed by atoms with Gasteiger partial charge < -0.3 is 5.32 Å². The molecule has 0 aliphatic heterocycles. The van der Waals surface area contributed by atoms with Gasteiger partial charge in [0.05, 0.1) is 4.88 Å². The van der Waals surface area contributed by atoms with Crippen LogP contribution in [0.25, 0.3) is 0 Å². The van der Waals surface area contributed by atoms with Gasteiger partial charge in [-0.1, -0.05) is 6.07 Å². The molecule has 0 saturated carbocycles. The lowest BCUT2D eigenvalue weighted by atomic mass is 10.1. The minimum atomic E-state index is -0.251. The van der Waals surface area contributed by atoms with E-state index >= 15 is 0 Å². The molecule has 5 nitrogen and oxygen atoms in total. The van der Waals surface area contributed by atoms with E-state index in [0.29, 0.717) is 12.1 Å². The van der Waals surface area contributed by atoms with Gasteiger partial charge in [0.25, 0.3) is 5.91 Å². The molecule has 2 N–H and O–H groups in total. The van der Waals surface area contributed by atoms with Crippen LogP contribution in [-0.2, 0) is 0 Å². The van der Waals surface area contributed by atoms with Crippen molar-refractivity contribution in [3.63, 3.8) is 0 Å². The zero-order valence-electron chi connectivity index (χ0n) is 9.84. The lowest BCUT2D eigenvalue weighted by molar-refractivity contribution is 0.0915. The molecule has 2 heterocycles. The van der Waals surface area contributed by atoms with E-state index in [2.05, 4.69) is 15.5 Å². The van der Waals surface area contributed by atoms with Crippen molar-refractivity contribution in [2.24, 2.45) is 0 Å². The summed E-state index contributed by atoms with van der Waals surface area (Å²) in [5, 5.41) is 10.9. The third-order valence-corrected chi connectivity index (χ3v) is 3.32. The first kappa shape index (κ1) is 12.5. The van der Waals surface area contributed by atoms with Gasteiger partial charge in [-0.25, -0.2) is 0 Å².